The number of hydrogen-bond acceptors (Lipinski definition) is 6. The van der Waals surface area contributed by atoms with E-state index in [2.05, 4.69) is 51.9 Å². The van der Waals surface area contributed by atoms with Gasteiger partial charge in [-0.25, -0.2) is 9.97 Å². The van der Waals surface area contributed by atoms with Crippen LogP contribution < -0.4 is 20.7 Å². The number of anilines is 2. The minimum atomic E-state index is -0.356. The van der Waals surface area contributed by atoms with Crippen molar-refractivity contribution in [2.45, 2.75) is 32.2 Å². The van der Waals surface area contributed by atoms with Gasteiger partial charge in [-0.3, -0.25) is 4.79 Å². The lowest BCUT2D eigenvalue weighted by Gasteiger charge is -2.28. The first-order valence-corrected chi connectivity index (χ1v) is 10.8. The van der Waals surface area contributed by atoms with E-state index in [9.17, 15) is 4.79 Å². The fourth-order valence-corrected chi connectivity index (χ4v) is 3.92. The molecule has 0 unspecified atom stereocenters. The summed E-state index contributed by atoms with van der Waals surface area (Å²) in [5.74, 6) is 1.09. The molecule has 0 bridgehead atoms. The molecule has 32 heavy (non-hydrogen) atoms. The van der Waals surface area contributed by atoms with E-state index in [0.717, 1.165) is 48.0 Å². The van der Waals surface area contributed by atoms with Crippen molar-refractivity contribution >= 4 is 28.3 Å². The summed E-state index contributed by atoms with van der Waals surface area (Å²) in [5.41, 5.74) is 3.26. The first kappa shape index (κ1) is 21.8. The Morgan fingerprint density at radius 3 is 2.59 bits per heavy atom. The molecule has 7 heteroatoms. The molecular weight excluding hydrogens is 402 g/mol. The zero-order valence-electron chi connectivity index (χ0n) is 18.7. The van der Waals surface area contributed by atoms with Gasteiger partial charge in [0.25, 0.3) is 0 Å². The molecule has 1 aliphatic heterocycles. The molecule has 0 atom stereocenters. The molecule has 1 amide bonds. The Hall–Kier alpha value is -3.45. The highest BCUT2D eigenvalue weighted by atomic mass is 16.5. The van der Waals surface area contributed by atoms with Crippen molar-refractivity contribution in [1.82, 2.24) is 15.3 Å². The number of carbonyl (C=O) groups is 1. The summed E-state index contributed by atoms with van der Waals surface area (Å²) in [5, 5.41) is 10.6. The Kier molecular flexibility index (Phi) is 6.37. The van der Waals surface area contributed by atoms with Gasteiger partial charge in [0.15, 0.2) is 0 Å². The van der Waals surface area contributed by atoms with E-state index < -0.39 is 0 Å². The fourth-order valence-electron chi connectivity index (χ4n) is 3.92. The Balaban J connectivity index is 1.66. The molecule has 1 fully saturated rings. The van der Waals surface area contributed by atoms with Crippen LogP contribution in [0, 0.1) is 0 Å². The molecule has 0 radical (unpaired) electrons. The maximum atomic E-state index is 12.7. The van der Waals surface area contributed by atoms with Crippen molar-refractivity contribution in [3.8, 4) is 5.75 Å². The van der Waals surface area contributed by atoms with Crippen LogP contribution in [0.2, 0.25) is 0 Å². The molecule has 2 aromatic carbocycles. The average Bonchev–Trinajstić information content (AvgIpc) is 2.80. The van der Waals surface area contributed by atoms with Gasteiger partial charge in [0.1, 0.15) is 17.9 Å². The molecule has 3 aromatic rings. The second-order valence-electron chi connectivity index (χ2n) is 8.45. The van der Waals surface area contributed by atoms with Crippen molar-refractivity contribution in [1.29, 1.82) is 0 Å². The number of piperidine rings is 1. The highest BCUT2D eigenvalue weighted by molar-refractivity contribution is 6.03. The van der Waals surface area contributed by atoms with Gasteiger partial charge < -0.3 is 20.7 Å². The first-order valence-electron chi connectivity index (χ1n) is 10.8. The summed E-state index contributed by atoms with van der Waals surface area (Å²) in [4.78, 5) is 21.6. The van der Waals surface area contributed by atoms with Gasteiger partial charge in [0, 0.05) is 17.5 Å². The number of nitrogens with zero attached hydrogens (tertiary/aromatic N) is 2. The molecule has 0 saturated carbocycles. The second-order valence-corrected chi connectivity index (χ2v) is 8.45. The van der Waals surface area contributed by atoms with Gasteiger partial charge in [-0.15, -0.1) is 0 Å². The largest absolute Gasteiger partial charge is 0.494 e. The lowest BCUT2D eigenvalue weighted by molar-refractivity contribution is -0.112. The summed E-state index contributed by atoms with van der Waals surface area (Å²) in [6, 6.07) is 13.9. The highest BCUT2D eigenvalue weighted by Crippen LogP contribution is 2.34. The number of nitrogens with one attached hydrogen (secondary N) is 3. The summed E-state index contributed by atoms with van der Waals surface area (Å²) in [7, 11) is 1.58. The van der Waals surface area contributed by atoms with E-state index in [1.807, 2.05) is 30.3 Å². The topological polar surface area (TPSA) is 88.2 Å². The Bertz CT molecular complexity index is 1130. The van der Waals surface area contributed by atoms with Crippen molar-refractivity contribution in [3.63, 3.8) is 0 Å². The number of fused-ring (bicyclic) bond motifs is 1. The summed E-state index contributed by atoms with van der Waals surface area (Å²) in [6.07, 6.45) is 5.01. The van der Waals surface area contributed by atoms with Crippen LogP contribution in [0.4, 0.5) is 11.5 Å². The minimum Gasteiger partial charge on any atom is -0.494 e. The number of benzene rings is 2. The van der Waals surface area contributed by atoms with Gasteiger partial charge in [0.05, 0.1) is 23.9 Å². The van der Waals surface area contributed by atoms with E-state index >= 15 is 0 Å². The van der Waals surface area contributed by atoms with E-state index in [1.165, 1.54) is 6.33 Å². The van der Waals surface area contributed by atoms with E-state index in [4.69, 9.17) is 4.74 Å². The second kappa shape index (κ2) is 9.36. The predicted octanol–water partition coefficient (Wildman–Crippen LogP) is 4.23. The number of methoxy groups -OCH3 is 1. The Morgan fingerprint density at radius 2 is 1.88 bits per heavy atom. The molecule has 4 rings (SSSR count). The van der Waals surface area contributed by atoms with Crippen LogP contribution in [0.1, 0.15) is 32.3 Å². The molecule has 3 N–H and O–H groups in total. The quantitative estimate of drug-likeness (QED) is 0.506. The van der Waals surface area contributed by atoms with E-state index in [-0.39, 0.29) is 11.4 Å². The van der Waals surface area contributed by atoms with Gasteiger partial charge in [-0.1, -0.05) is 35.9 Å². The third-order valence-corrected chi connectivity index (χ3v) is 5.72. The normalized spacial score (nSPS) is 14.2. The number of amides is 1. The lowest BCUT2D eigenvalue weighted by atomic mass is 9.94. The van der Waals surface area contributed by atoms with Gasteiger partial charge in [-0.05, 0) is 51.4 Å². The van der Waals surface area contributed by atoms with Crippen LogP contribution in [0.5, 0.6) is 5.75 Å². The minimum absolute atomic E-state index is 0.157. The summed E-state index contributed by atoms with van der Waals surface area (Å²) >= 11 is 0. The molecule has 1 aliphatic rings. The lowest BCUT2D eigenvalue weighted by Crippen LogP contribution is -2.28. The maximum absolute atomic E-state index is 12.7. The number of ether oxygens (including phenoxy) is 1. The molecule has 1 saturated heterocycles. The van der Waals surface area contributed by atoms with Gasteiger partial charge in [0.2, 0.25) is 5.91 Å². The number of rotatable bonds is 6. The van der Waals surface area contributed by atoms with Crippen LogP contribution in [0.25, 0.3) is 10.9 Å². The van der Waals surface area contributed by atoms with Crippen LogP contribution >= 0.6 is 0 Å². The van der Waals surface area contributed by atoms with E-state index in [0.29, 0.717) is 17.3 Å². The average molecular weight is 432 g/mol. The third-order valence-electron chi connectivity index (χ3n) is 5.72. The smallest absolute Gasteiger partial charge is 0.248 e. The molecule has 166 valence electrons. The van der Waals surface area contributed by atoms with Crippen molar-refractivity contribution < 1.29 is 9.53 Å². The molecule has 7 nitrogen and oxygen atoms in total. The first-order chi connectivity index (χ1) is 15.5. The monoisotopic (exact) mass is 431 g/mol. The van der Waals surface area contributed by atoms with E-state index in [1.54, 1.807) is 13.2 Å². The Morgan fingerprint density at radius 1 is 1.12 bits per heavy atom. The summed E-state index contributed by atoms with van der Waals surface area (Å²) in [6.45, 7) is 6.02. The molecular formula is C25H29N5O2. The fraction of sp³-hybridized carbons (Fsp3) is 0.320. The number of aromatic nitrogens is 2. The number of carbonyl (C=O) groups excluding carboxylic acids is 1. The molecule has 0 spiro atoms. The number of hydrogen-bond donors (Lipinski definition) is 3. The maximum Gasteiger partial charge on any atom is 0.248 e. The molecule has 1 aromatic heterocycles. The molecule has 0 aliphatic carbocycles. The zero-order chi connectivity index (χ0) is 22.6. The van der Waals surface area contributed by atoms with Crippen LogP contribution in [-0.2, 0) is 10.3 Å². The van der Waals surface area contributed by atoms with Crippen LogP contribution in [0.3, 0.4) is 0 Å². The third kappa shape index (κ3) is 4.89. The van der Waals surface area contributed by atoms with Crippen molar-refractivity contribution in [2.24, 2.45) is 0 Å². The van der Waals surface area contributed by atoms with Crippen molar-refractivity contribution in [2.75, 3.05) is 30.8 Å². The van der Waals surface area contributed by atoms with Crippen molar-refractivity contribution in [3.05, 3.63) is 66.0 Å². The standard InChI is InChI=1S/C25H29N5O2/c1-25(2,18-7-5-4-6-8-18)30-24-19-14-21(22(32-3)15-20(19)27-16-28-24)29-23(31)13-17-9-11-26-12-10-17/h4-8,13-16,26H,9-12H2,1-3H3,(H,29,31)(H,27,28,30). The van der Waals surface area contributed by atoms with Gasteiger partial charge >= 0.3 is 0 Å². The van der Waals surface area contributed by atoms with Crippen LogP contribution in [0.15, 0.2) is 60.4 Å². The van der Waals surface area contributed by atoms with Crippen LogP contribution in [-0.4, -0.2) is 36.1 Å². The Labute approximate surface area is 188 Å². The summed E-state index contributed by atoms with van der Waals surface area (Å²) < 4.78 is 5.53. The predicted molar refractivity (Wildman–Crippen MR) is 128 cm³/mol. The SMILES string of the molecule is COc1cc2ncnc(NC(C)(C)c3ccccc3)c2cc1NC(=O)C=C1CCNCC1. The van der Waals surface area contributed by atoms with Gasteiger partial charge in [-0.2, -0.15) is 0 Å². The zero-order valence-corrected chi connectivity index (χ0v) is 18.7. The molecule has 2 heterocycles. The highest BCUT2D eigenvalue weighted by Gasteiger charge is 2.22.